The molecule has 298 valence electrons. The Balaban J connectivity index is 1.32. The van der Waals surface area contributed by atoms with Gasteiger partial charge in [-0.15, -0.1) is 0 Å². The van der Waals surface area contributed by atoms with Crippen LogP contribution in [0.3, 0.4) is 0 Å². The van der Waals surface area contributed by atoms with Gasteiger partial charge in [-0.3, -0.25) is 4.79 Å². The van der Waals surface area contributed by atoms with E-state index in [2.05, 4.69) is 21.3 Å². The third-order valence-corrected chi connectivity index (χ3v) is 9.51. The molecule has 55 heavy (non-hydrogen) atoms. The minimum absolute atomic E-state index is 0.00316. The Hall–Kier alpha value is -4.65. The number of carbonyl (C=O) groups is 3. The first kappa shape index (κ1) is 41.5. The van der Waals surface area contributed by atoms with E-state index in [4.69, 9.17) is 23.7 Å². The zero-order chi connectivity index (χ0) is 39.4. The SMILES string of the molecule is CN[C@@H]1[C@@H](O)[C@@H](O[C@@H]2[C@@H](O)[C@H](O)[C@@H](NC(=O)OCc3ccccc3)C[C@H]2NC(=O)[C@H](CNC(=O)OCc2ccccc2)OCc2ccccc2)OC[C@]1(C)O. The van der Waals surface area contributed by atoms with Crippen molar-refractivity contribution in [3.8, 4) is 0 Å². The van der Waals surface area contributed by atoms with Gasteiger partial charge in [-0.25, -0.2) is 9.59 Å². The second-order valence-electron chi connectivity index (χ2n) is 13.8. The van der Waals surface area contributed by atoms with Crippen LogP contribution in [-0.4, -0.2) is 119 Å². The van der Waals surface area contributed by atoms with Crippen LogP contribution in [0.15, 0.2) is 91.0 Å². The number of alkyl carbamates (subject to hydrolysis) is 2. The van der Waals surface area contributed by atoms with Gasteiger partial charge in [-0.2, -0.15) is 0 Å². The first-order valence-electron chi connectivity index (χ1n) is 18.0. The molecule has 1 saturated heterocycles. The van der Waals surface area contributed by atoms with E-state index in [-0.39, 0.29) is 39.4 Å². The van der Waals surface area contributed by atoms with Crippen LogP contribution in [0.1, 0.15) is 30.0 Å². The van der Waals surface area contributed by atoms with Crippen LogP contribution in [-0.2, 0) is 48.3 Å². The molecule has 8 N–H and O–H groups in total. The molecule has 2 aliphatic rings. The lowest BCUT2D eigenvalue weighted by atomic mass is 9.83. The molecule has 1 saturated carbocycles. The van der Waals surface area contributed by atoms with E-state index < -0.39 is 78.6 Å². The molecule has 2 fully saturated rings. The van der Waals surface area contributed by atoms with Crippen LogP contribution in [0.4, 0.5) is 9.59 Å². The highest BCUT2D eigenvalue weighted by molar-refractivity contribution is 5.82. The first-order chi connectivity index (χ1) is 26.4. The van der Waals surface area contributed by atoms with Gasteiger partial charge in [0.25, 0.3) is 5.91 Å². The molecule has 3 aromatic rings. The van der Waals surface area contributed by atoms with Crippen molar-refractivity contribution < 1.29 is 58.5 Å². The van der Waals surface area contributed by atoms with Crippen molar-refractivity contribution in [3.05, 3.63) is 108 Å². The van der Waals surface area contributed by atoms with E-state index >= 15 is 0 Å². The third-order valence-electron chi connectivity index (χ3n) is 9.51. The van der Waals surface area contributed by atoms with Gasteiger partial charge in [0, 0.05) is 0 Å². The second kappa shape index (κ2) is 19.8. The number of nitrogens with one attached hydrogen (secondary N) is 4. The quantitative estimate of drug-likeness (QED) is 0.108. The smallest absolute Gasteiger partial charge is 0.407 e. The van der Waals surface area contributed by atoms with Gasteiger partial charge in [0.15, 0.2) is 12.4 Å². The van der Waals surface area contributed by atoms with E-state index in [0.717, 1.165) is 16.7 Å². The lowest BCUT2D eigenvalue weighted by Crippen LogP contribution is -2.69. The summed E-state index contributed by atoms with van der Waals surface area (Å²) in [7, 11) is 1.54. The maximum atomic E-state index is 14.0. The van der Waals surface area contributed by atoms with Crippen LogP contribution < -0.4 is 21.3 Å². The number of aliphatic hydroxyl groups excluding tert-OH is 3. The highest BCUT2D eigenvalue weighted by Gasteiger charge is 2.51. The van der Waals surface area contributed by atoms with Gasteiger partial charge in [-0.05, 0) is 37.1 Å². The molecule has 10 atom stereocenters. The Morgan fingerprint density at radius 2 is 1.31 bits per heavy atom. The van der Waals surface area contributed by atoms with Crippen molar-refractivity contribution in [2.75, 3.05) is 20.2 Å². The molecule has 0 aromatic heterocycles. The van der Waals surface area contributed by atoms with E-state index in [0.29, 0.717) is 0 Å². The highest BCUT2D eigenvalue weighted by Crippen LogP contribution is 2.30. The van der Waals surface area contributed by atoms with Crippen molar-refractivity contribution in [2.24, 2.45) is 0 Å². The van der Waals surface area contributed by atoms with Crippen molar-refractivity contribution >= 4 is 18.1 Å². The minimum Gasteiger partial charge on any atom is -0.445 e. The normalized spacial score (nSPS) is 28.3. The highest BCUT2D eigenvalue weighted by atomic mass is 16.7. The summed E-state index contributed by atoms with van der Waals surface area (Å²) in [5, 5.41) is 55.3. The van der Waals surface area contributed by atoms with Gasteiger partial charge in [0.2, 0.25) is 0 Å². The number of rotatable bonds is 15. The summed E-state index contributed by atoms with van der Waals surface area (Å²) >= 11 is 0. The standard InChI is InChI=1S/C39H50N4O12/c1-39(50)23-54-36(32(46)34(39)40-2)55-33-28(18-27(30(44)31(33)45)43-38(49)53-22-26-16-10-5-11-17-26)42-35(47)29(51-20-24-12-6-3-7-13-24)19-41-37(48)52-21-25-14-8-4-9-15-25/h3-17,27-34,36,40,44-46,50H,18-23H2,1-2H3,(H,41,48)(H,42,47)(H,43,49)/t27-,28+,29-,30+,31-,32+,33-,34+,36+,39-/m0/s1. The number of hydrogen-bond donors (Lipinski definition) is 8. The predicted molar refractivity (Wildman–Crippen MR) is 196 cm³/mol. The van der Waals surface area contributed by atoms with Crippen molar-refractivity contribution in [3.63, 3.8) is 0 Å². The van der Waals surface area contributed by atoms with Crippen molar-refractivity contribution in [1.82, 2.24) is 21.3 Å². The molecule has 0 bridgehead atoms. The van der Waals surface area contributed by atoms with Crippen LogP contribution in [0.5, 0.6) is 0 Å². The number of ether oxygens (including phenoxy) is 5. The molecule has 16 nitrogen and oxygen atoms in total. The first-order valence-corrected chi connectivity index (χ1v) is 18.0. The van der Waals surface area contributed by atoms with Crippen LogP contribution in [0, 0.1) is 0 Å². The third kappa shape index (κ3) is 11.7. The monoisotopic (exact) mass is 766 g/mol. The Morgan fingerprint density at radius 3 is 1.87 bits per heavy atom. The van der Waals surface area contributed by atoms with Gasteiger partial charge < -0.3 is 65.4 Å². The number of carbonyl (C=O) groups excluding carboxylic acids is 3. The van der Waals surface area contributed by atoms with Crippen LogP contribution in [0.25, 0.3) is 0 Å². The molecule has 1 heterocycles. The topological polar surface area (TPSA) is 226 Å². The molecule has 0 spiro atoms. The predicted octanol–water partition coefficient (Wildman–Crippen LogP) is 0.845. The number of hydrogen-bond acceptors (Lipinski definition) is 13. The Kier molecular flexibility index (Phi) is 14.9. The number of amides is 3. The Labute approximate surface area is 319 Å². The van der Waals surface area contributed by atoms with E-state index in [1.807, 2.05) is 30.3 Å². The van der Waals surface area contributed by atoms with Crippen LogP contribution >= 0.6 is 0 Å². The van der Waals surface area contributed by atoms with Crippen molar-refractivity contribution in [1.29, 1.82) is 0 Å². The summed E-state index contributed by atoms with van der Waals surface area (Å²) in [5.74, 6) is -0.729. The molecule has 1 aliphatic heterocycles. The maximum Gasteiger partial charge on any atom is 0.407 e. The van der Waals surface area contributed by atoms with E-state index in [9.17, 15) is 34.8 Å². The number of aliphatic hydroxyl groups is 4. The summed E-state index contributed by atoms with van der Waals surface area (Å²) in [5.41, 5.74) is 0.769. The van der Waals surface area contributed by atoms with Crippen LogP contribution in [0.2, 0.25) is 0 Å². The average Bonchev–Trinajstić information content (AvgIpc) is 3.18. The molecule has 0 unspecified atom stereocenters. The molecular weight excluding hydrogens is 716 g/mol. The van der Waals surface area contributed by atoms with Gasteiger partial charge >= 0.3 is 12.2 Å². The zero-order valence-electron chi connectivity index (χ0n) is 30.7. The Morgan fingerprint density at radius 1 is 0.764 bits per heavy atom. The summed E-state index contributed by atoms with van der Waals surface area (Å²) in [4.78, 5) is 39.5. The molecule has 16 heteroatoms. The lowest BCUT2D eigenvalue weighted by Gasteiger charge is -2.48. The summed E-state index contributed by atoms with van der Waals surface area (Å²) < 4.78 is 28.4. The van der Waals surface area contributed by atoms with Gasteiger partial charge in [-0.1, -0.05) is 91.0 Å². The van der Waals surface area contributed by atoms with Crippen molar-refractivity contribution in [2.45, 2.75) is 93.7 Å². The summed E-state index contributed by atoms with van der Waals surface area (Å²) in [6.07, 6.45) is -10.7. The maximum absolute atomic E-state index is 14.0. The average molecular weight is 767 g/mol. The number of benzene rings is 3. The fourth-order valence-corrected chi connectivity index (χ4v) is 6.54. The molecule has 1 aliphatic carbocycles. The number of likely N-dealkylation sites (N-methyl/N-ethyl adjacent to an activating group) is 1. The molecule has 0 radical (unpaired) electrons. The second-order valence-corrected chi connectivity index (χ2v) is 13.8. The Bertz CT molecular complexity index is 1650. The summed E-state index contributed by atoms with van der Waals surface area (Å²) in [6, 6.07) is 23.9. The molecular formula is C39H50N4O12. The van der Waals surface area contributed by atoms with Gasteiger partial charge in [0.05, 0.1) is 37.9 Å². The molecule has 5 rings (SSSR count). The fraction of sp³-hybridized carbons (Fsp3) is 0.462. The molecule has 3 amide bonds. The minimum atomic E-state index is -1.74. The molecule has 3 aromatic carbocycles. The van der Waals surface area contributed by atoms with E-state index in [1.54, 1.807) is 67.7 Å². The summed E-state index contributed by atoms with van der Waals surface area (Å²) in [6.45, 7) is 0.851. The fourth-order valence-electron chi connectivity index (χ4n) is 6.54. The largest absolute Gasteiger partial charge is 0.445 e. The lowest BCUT2D eigenvalue weighted by molar-refractivity contribution is -0.297. The zero-order valence-corrected chi connectivity index (χ0v) is 30.7. The van der Waals surface area contributed by atoms with E-state index in [1.165, 1.54) is 6.92 Å². The van der Waals surface area contributed by atoms with Gasteiger partial charge in [0.1, 0.15) is 43.2 Å².